The van der Waals surface area contributed by atoms with Gasteiger partial charge in [-0.05, 0) is 44.0 Å². The van der Waals surface area contributed by atoms with E-state index in [9.17, 15) is 14.9 Å². The van der Waals surface area contributed by atoms with Crippen molar-refractivity contribution in [1.29, 1.82) is 0 Å². The third-order valence-electron chi connectivity index (χ3n) is 5.87. The van der Waals surface area contributed by atoms with Gasteiger partial charge in [-0.3, -0.25) is 14.9 Å². The fourth-order valence-corrected chi connectivity index (χ4v) is 3.89. The average Bonchev–Trinajstić information content (AvgIpc) is 3.16. The minimum absolute atomic E-state index is 0.0390. The summed E-state index contributed by atoms with van der Waals surface area (Å²) in [6, 6.07) is 12.4. The standard InChI is InChI=1S/C22H24N6O3/c1-15-6-4-9-20(16(15)2)25-10-12-26(13-11-25)22(29)21-17(3)27(24-23-21)18-7-5-8-19(14-18)28(30)31/h4-9,14H,10-13H2,1-3H3. The second kappa shape index (κ2) is 8.17. The van der Waals surface area contributed by atoms with Crippen LogP contribution in [0.25, 0.3) is 5.69 Å². The van der Waals surface area contributed by atoms with Gasteiger partial charge in [0.15, 0.2) is 5.69 Å². The molecule has 1 aromatic heterocycles. The van der Waals surface area contributed by atoms with Crippen molar-refractivity contribution in [1.82, 2.24) is 19.9 Å². The zero-order valence-electron chi connectivity index (χ0n) is 17.8. The molecular weight excluding hydrogens is 396 g/mol. The van der Waals surface area contributed by atoms with Crippen LogP contribution < -0.4 is 4.90 Å². The van der Waals surface area contributed by atoms with E-state index in [2.05, 4.69) is 47.3 Å². The Bertz CT molecular complexity index is 1150. The summed E-state index contributed by atoms with van der Waals surface area (Å²) in [7, 11) is 0. The predicted molar refractivity (Wildman–Crippen MR) is 117 cm³/mol. The lowest BCUT2D eigenvalue weighted by molar-refractivity contribution is -0.384. The molecule has 0 N–H and O–H groups in total. The van der Waals surface area contributed by atoms with Crippen molar-refractivity contribution < 1.29 is 9.72 Å². The zero-order chi connectivity index (χ0) is 22.1. The van der Waals surface area contributed by atoms with E-state index in [4.69, 9.17) is 0 Å². The molecule has 160 valence electrons. The smallest absolute Gasteiger partial charge is 0.276 e. The van der Waals surface area contributed by atoms with Crippen LogP contribution in [0.2, 0.25) is 0 Å². The Labute approximate surface area is 180 Å². The van der Waals surface area contributed by atoms with Crippen LogP contribution in [0, 0.1) is 30.9 Å². The third-order valence-corrected chi connectivity index (χ3v) is 5.87. The molecule has 9 nitrogen and oxygen atoms in total. The molecular formula is C22H24N6O3. The number of amides is 1. The normalized spacial score (nSPS) is 14.0. The van der Waals surface area contributed by atoms with Gasteiger partial charge in [0.25, 0.3) is 11.6 Å². The van der Waals surface area contributed by atoms with E-state index < -0.39 is 4.92 Å². The molecule has 2 aromatic carbocycles. The lowest BCUT2D eigenvalue weighted by Crippen LogP contribution is -2.49. The van der Waals surface area contributed by atoms with Crippen molar-refractivity contribution in [2.24, 2.45) is 0 Å². The van der Waals surface area contributed by atoms with Crippen molar-refractivity contribution in [3.05, 3.63) is 75.1 Å². The van der Waals surface area contributed by atoms with Crippen molar-refractivity contribution in [2.45, 2.75) is 20.8 Å². The topological polar surface area (TPSA) is 97.4 Å². The molecule has 31 heavy (non-hydrogen) atoms. The van der Waals surface area contributed by atoms with Crippen LogP contribution in [0.5, 0.6) is 0 Å². The summed E-state index contributed by atoms with van der Waals surface area (Å²) in [5.74, 6) is -0.171. The number of aryl methyl sites for hydroxylation is 1. The molecule has 1 aliphatic rings. The van der Waals surface area contributed by atoms with E-state index in [1.807, 2.05) is 0 Å². The first-order chi connectivity index (χ1) is 14.9. The molecule has 9 heteroatoms. The highest BCUT2D eigenvalue weighted by atomic mass is 16.6. The highest BCUT2D eigenvalue weighted by molar-refractivity contribution is 5.93. The summed E-state index contributed by atoms with van der Waals surface area (Å²) >= 11 is 0. The van der Waals surface area contributed by atoms with Crippen molar-refractivity contribution >= 4 is 17.3 Å². The minimum atomic E-state index is -0.461. The molecule has 0 aliphatic carbocycles. The number of carbonyl (C=O) groups is 1. The summed E-state index contributed by atoms with van der Waals surface area (Å²) in [5, 5.41) is 19.2. The van der Waals surface area contributed by atoms with Gasteiger partial charge in [-0.15, -0.1) is 5.10 Å². The van der Waals surface area contributed by atoms with Gasteiger partial charge in [-0.1, -0.05) is 23.4 Å². The highest BCUT2D eigenvalue weighted by Crippen LogP contribution is 2.24. The fourth-order valence-electron chi connectivity index (χ4n) is 3.89. The molecule has 2 heterocycles. The number of hydrogen-bond acceptors (Lipinski definition) is 6. The number of carbonyl (C=O) groups excluding carboxylic acids is 1. The molecule has 0 saturated carbocycles. The Morgan fingerprint density at radius 3 is 2.45 bits per heavy atom. The number of benzene rings is 2. The van der Waals surface area contributed by atoms with Crippen LogP contribution in [0.3, 0.4) is 0 Å². The molecule has 1 fully saturated rings. The Balaban J connectivity index is 1.49. The number of anilines is 1. The van der Waals surface area contributed by atoms with E-state index in [1.54, 1.807) is 24.0 Å². The van der Waals surface area contributed by atoms with E-state index in [0.717, 1.165) is 13.1 Å². The molecule has 1 aliphatic heterocycles. The van der Waals surface area contributed by atoms with Gasteiger partial charge in [-0.25, -0.2) is 4.68 Å². The van der Waals surface area contributed by atoms with Gasteiger partial charge in [0.2, 0.25) is 0 Å². The maximum atomic E-state index is 13.1. The van der Waals surface area contributed by atoms with Crippen LogP contribution >= 0.6 is 0 Å². The number of nitrogens with zero attached hydrogens (tertiary/aromatic N) is 6. The monoisotopic (exact) mass is 420 g/mol. The van der Waals surface area contributed by atoms with Crippen LogP contribution in [0.1, 0.15) is 27.3 Å². The molecule has 1 saturated heterocycles. The molecule has 4 rings (SSSR count). The Morgan fingerprint density at radius 2 is 1.74 bits per heavy atom. The molecule has 0 unspecified atom stereocenters. The van der Waals surface area contributed by atoms with E-state index in [1.165, 1.54) is 33.6 Å². The zero-order valence-corrected chi connectivity index (χ0v) is 17.8. The van der Waals surface area contributed by atoms with Crippen molar-refractivity contribution in [3.63, 3.8) is 0 Å². The molecule has 1 amide bonds. The maximum Gasteiger partial charge on any atom is 0.276 e. The first-order valence-electron chi connectivity index (χ1n) is 10.1. The predicted octanol–water partition coefficient (Wildman–Crippen LogP) is 3.06. The fraction of sp³-hybridized carbons (Fsp3) is 0.318. The molecule has 0 radical (unpaired) electrons. The average molecular weight is 420 g/mol. The van der Waals surface area contributed by atoms with E-state index in [-0.39, 0.29) is 17.3 Å². The van der Waals surface area contributed by atoms with Gasteiger partial charge in [-0.2, -0.15) is 0 Å². The van der Waals surface area contributed by atoms with Gasteiger partial charge in [0.1, 0.15) is 0 Å². The number of aromatic nitrogens is 3. The van der Waals surface area contributed by atoms with E-state index in [0.29, 0.717) is 24.5 Å². The van der Waals surface area contributed by atoms with Crippen molar-refractivity contribution in [2.75, 3.05) is 31.1 Å². The van der Waals surface area contributed by atoms with Crippen molar-refractivity contribution in [3.8, 4) is 5.69 Å². The first kappa shape index (κ1) is 20.5. The van der Waals surface area contributed by atoms with E-state index >= 15 is 0 Å². The number of nitro benzene ring substituents is 1. The summed E-state index contributed by atoms with van der Waals surface area (Å²) in [6.07, 6.45) is 0. The second-order valence-corrected chi connectivity index (χ2v) is 7.71. The number of rotatable bonds is 4. The molecule has 0 atom stereocenters. The number of hydrogen-bond donors (Lipinski definition) is 0. The quantitative estimate of drug-likeness (QED) is 0.475. The molecule has 0 bridgehead atoms. The largest absolute Gasteiger partial charge is 0.368 e. The minimum Gasteiger partial charge on any atom is -0.368 e. The van der Waals surface area contributed by atoms with Crippen LogP contribution in [-0.4, -0.2) is 56.9 Å². The summed E-state index contributed by atoms with van der Waals surface area (Å²) in [6.45, 7) is 8.65. The summed E-state index contributed by atoms with van der Waals surface area (Å²) < 4.78 is 1.46. The summed E-state index contributed by atoms with van der Waals surface area (Å²) in [5.41, 5.74) is 5.01. The molecule has 0 spiro atoms. The van der Waals surface area contributed by atoms with Crippen LogP contribution in [-0.2, 0) is 0 Å². The van der Waals surface area contributed by atoms with Crippen LogP contribution in [0.4, 0.5) is 11.4 Å². The molecule has 3 aromatic rings. The lowest BCUT2D eigenvalue weighted by Gasteiger charge is -2.36. The number of non-ortho nitro benzene ring substituents is 1. The second-order valence-electron chi connectivity index (χ2n) is 7.71. The van der Waals surface area contributed by atoms with Gasteiger partial charge in [0.05, 0.1) is 16.3 Å². The lowest BCUT2D eigenvalue weighted by atomic mass is 10.1. The maximum absolute atomic E-state index is 13.1. The SMILES string of the molecule is Cc1cccc(N2CCN(C(=O)c3nnn(-c4cccc([N+](=O)[O-])c4)c3C)CC2)c1C. The first-order valence-corrected chi connectivity index (χ1v) is 10.1. The Hall–Kier alpha value is -3.75. The van der Waals surface area contributed by atoms with Gasteiger partial charge in [0, 0.05) is 44.0 Å². The van der Waals surface area contributed by atoms with Gasteiger partial charge < -0.3 is 9.80 Å². The van der Waals surface area contributed by atoms with Gasteiger partial charge >= 0.3 is 0 Å². The number of piperazine rings is 1. The number of nitro groups is 1. The Kier molecular flexibility index (Phi) is 5.41. The summed E-state index contributed by atoms with van der Waals surface area (Å²) in [4.78, 5) is 27.8. The highest BCUT2D eigenvalue weighted by Gasteiger charge is 2.27. The van der Waals surface area contributed by atoms with Crippen LogP contribution in [0.15, 0.2) is 42.5 Å². The third kappa shape index (κ3) is 3.86. The Morgan fingerprint density at radius 1 is 1.03 bits per heavy atom.